The first-order valence-corrected chi connectivity index (χ1v) is 10.1. The molecule has 2 aromatic heterocycles. The maximum absolute atomic E-state index is 5.56. The lowest BCUT2D eigenvalue weighted by Gasteiger charge is -2.08. The third-order valence-corrected chi connectivity index (χ3v) is 5.48. The molecule has 0 spiro atoms. The number of hydrogen-bond donors (Lipinski definition) is 0. The number of nitrogens with zero attached hydrogens (tertiary/aromatic N) is 4. The predicted octanol–water partition coefficient (Wildman–Crippen LogP) is 2.39. The van der Waals surface area contributed by atoms with Crippen LogP contribution in [0.3, 0.4) is 0 Å². The monoisotopic (exact) mass is 402 g/mol. The number of methoxy groups -OCH3 is 2. The zero-order chi connectivity index (χ0) is 20.5. The number of aromatic nitrogens is 4. The molecule has 5 rings (SSSR count). The molecule has 2 aromatic carbocycles. The Morgan fingerprint density at radius 3 is 1.53 bits per heavy atom. The molecule has 30 heavy (non-hydrogen) atoms. The van der Waals surface area contributed by atoms with Crippen LogP contribution in [0.4, 0.5) is 0 Å². The summed E-state index contributed by atoms with van der Waals surface area (Å²) in [6.07, 6.45) is 12.8. The van der Waals surface area contributed by atoms with Gasteiger partial charge in [-0.1, -0.05) is 0 Å². The second kappa shape index (κ2) is 7.71. The van der Waals surface area contributed by atoms with Crippen molar-refractivity contribution >= 4 is 0 Å². The maximum atomic E-state index is 5.56. The molecule has 0 radical (unpaired) electrons. The van der Waals surface area contributed by atoms with Crippen LogP contribution in [0.2, 0.25) is 0 Å². The third-order valence-electron chi connectivity index (χ3n) is 5.48. The summed E-state index contributed by atoms with van der Waals surface area (Å²) in [5.41, 5.74) is 4.90. The molecular formula is C24H26N4O2+2. The van der Waals surface area contributed by atoms with Crippen molar-refractivity contribution in [3.8, 4) is 11.5 Å². The van der Waals surface area contributed by atoms with Crippen molar-refractivity contribution in [1.29, 1.82) is 0 Å². The molecule has 4 aromatic rings. The first-order valence-electron chi connectivity index (χ1n) is 10.1. The summed E-state index contributed by atoms with van der Waals surface area (Å²) in [6.45, 7) is 3.19. The van der Waals surface area contributed by atoms with Crippen molar-refractivity contribution in [1.82, 2.24) is 9.13 Å². The van der Waals surface area contributed by atoms with E-state index < -0.39 is 0 Å². The SMILES string of the molecule is COc1cc2cc(c1)Cn1cc[n+](c1)Cc1cc(cc(OC)c1)C[n+]1ccn(c1)C2. The van der Waals surface area contributed by atoms with Gasteiger partial charge in [0.15, 0.2) is 0 Å². The second-order valence-corrected chi connectivity index (χ2v) is 7.90. The van der Waals surface area contributed by atoms with E-state index in [-0.39, 0.29) is 0 Å². The van der Waals surface area contributed by atoms with Gasteiger partial charge in [0.25, 0.3) is 0 Å². The smallest absolute Gasteiger partial charge is 0.244 e. The second-order valence-electron chi connectivity index (χ2n) is 7.90. The zero-order valence-corrected chi connectivity index (χ0v) is 17.4. The fourth-order valence-electron chi connectivity index (χ4n) is 4.15. The fraction of sp³-hybridized carbons (Fsp3) is 0.250. The van der Waals surface area contributed by atoms with Gasteiger partial charge in [0, 0.05) is 0 Å². The number of benzene rings is 2. The summed E-state index contributed by atoms with van der Waals surface area (Å²) in [4.78, 5) is 0. The van der Waals surface area contributed by atoms with Gasteiger partial charge < -0.3 is 9.47 Å². The molecule has 6 nitrogen and oxygen atoms in total. The van der Waals surface area contributed by atoms with Crippen molar-refractivity contribution in [3.05, 3.63) is 96.1 Å². The summed E-state index contributed by atoms with van der Waals surface area (Å²) < 4.78 is 19.9. The molecule has 152 valence electrons. The van der Waals surface area contributed by atoms with E-state index >= 15 is 0 Å². The Balaban J connectivity index is 1.59. The molecule has 8 bridgehead atoms. The van der Waals surface area contributed by atoms with Crippen molar-refractivity contribution in [2.24, 2.45) is 0 Å². The predicted molar refractivity (Wildman–Crippen MR) is 112 cm³/mol. The van der Waals surface area contributed by atoms with Crippen LogP contribution >= 0.6 is 0 Å². The van der Waals surface area contributed by atoms with Gasteiger partial charge in [0.1, 0.15) is 62.5 Å². The average Bonchev–Trinajstić information content (AvgIpc) is 3.36. The summed E-state index contributed by atoms with van der Waals surface area (Å²) in [5.74, 6) is 1.79. The molecule has 1 aliphatic heterocycles. The number of ether oxygens (including phenoxy) is 2. The van der Waals surface area contributed by atoms with Crippen molar-refractivity contribution in [2.45, 2.75) is 26.2 Å². The van der Waals surface area contributed by atoms with Gasteiger partial charge in [-0.15, -0.1) is 0 Å². The Bertz CT molecular complexity index is 1020. The van der Waals surface area contributed by atoms with Crippen LogP contribution in [-0.2, 0) is 26.2 Å². The first-order chi connectivity index (χ1) is 14.7. The highest BCUT2D eigenvalue weighted by molar-refractivity contribution is 5.35. The minimum Gasteiger partial charge on any atom is -0.497 e. The van der Waals surface area contributed by atoms with Gasteiger partial charge in [0.2, 0.25) is 12.7 Å². The molecule has 0 atom stereocenters. The fourth-order valence-corrected chi connectivity index (χ4v) is 4.15. The van der Waals surface area contributed by atoms with E-state index in [0.29, 0.717) is 0 Å². The summed E-state index contributed by atoms with van der Waals surface area (Å²) >= 11 is 0. The van der Waals surface area contributed by atoms with E-state index in [1.165, 1.54) is 22.3 Å². The lowest BCUT2D eigenvalue weighted by atomic mass is 10.1. The van der Waals surface area contributed by atoms with E-state index in [1.807, 2.05) is 0 Å². The standard InChI is InChI=1S/C24H26N4O2/c1-29-23-9-19-7-20(10-23)14-26-4-6-28(18-26)16-22-8-21(11-24(12-22)30-2)15-27-5-3-25(13-19)17-27/h3-12,17-18H,13-16H2,1-2H3/q+2. The van der Waals surface area contributed by atoms with Gasteiger partial charge in [-0.3, -0.25) is 0 Å². The molecule has 0 saturated carbocycles. The van der Waals surface area contributed by atoms with E-state index in [1.54, 1.807) is 14.2 Å². The topological polar surface area (TPSA) is 36.1 Å². The Morgan fingerprint density at radius 1 is 0.633 bits per heavy atom. The van der Waals surface area contributed by atoms with Crippen molar-refractivity contribution in [3.63, 3.8) is 0 Å². The van der Waals surface area contributed by atoms with Gasteiger partial charge in [-0.2, -0.15) is 0 Å². The number of fused-ring (bicyclic) bond motifs is 8. The zero-order valence-electron chi connectivity index (χ0n) is 17.4. The summed E-state index contributed by atoms with van der Waals surface area (Å²) in [7, 11) is 3.45. The molecule has 0 aliphatic carbocycles. The lowest BCUT2D eigenvalue weighted by Crippen LogP contribution is -2.33. The normalized spacial score (nSPS) is 13.1. The Kier molecular flexibility index (Phi) is 4.75. The van der Waals surface area contributed by atoms with E-state index in [2.05, 4.69) is 92.1 Å². The van der Waals surface area contributed by atoms with Crippen molar-refractivity contribution in [2.75, 3.05) is 14.2 Å². The summed E-state index contributed by atoms with van der Waals surface area (Å²) in [5, 5.41) is 0. The van der Waals surface area contributed by atoms with Crippen LogP contribution in [0.5, 0.6) is 11.5 Å². The minimum absolute atomic E-state index is 0.798. The quantitative estimate of drug-likeness (QED) is 0.425. The Labute approximate surface area is 176 Å². The third kappa shape index (κ3) is 3.94. The highest BCUT2D eigenvalue weighted by atomic mass is 16.5. The molecular weight excluding hydrogens is 376 g/mol. The number of rotatable bonds is 2. The maximum Gasteiger partial charge on any atom is 0.244 e. The minimum atomic E-state index is 0.798. The first kappa shape index (κ1) is 18.5. The van der Waals surface area contributed by atoms with Gasteiger partial charge in [0.05, 0.1) is 14.2 Å². The highest BCUT2D eigenvalue weighted by Crippen LogP contribution is 2.20. The van der Waals surface area contributed by atoms with Gasteiger partial charge in [-0.05, 0) is 58.7 Å². The molecule has 0 unspecified atom stereocenters. The lowest BCUT2D eigenvalue weighted by molar-refractivity contribution is -0.688. The molecule has 3 heterocycles. The molecule has 0 saturated heterocycles. The van der Waals surface area contributed by atoms with Crippen LogP contribution in [-0.4, -0.2) is 23.4 Å². The number of imidazole rings is 2. The molecule has 1 aliphatic rings. The average molecular weight is 402 g/mol. The van der Waals surface area contributed by atoms with E-state index in [9.17, 15) is 0 Å². The molecule has 0 N–H and O–H groups in total. The van der Waals surface area contributed by atoms with Crippen LogP contribution in [0.25, 0.3) is 0 Å². The van der Waals surface area contributed by atoms with E-state index in [4.69, 9.17) is 9.47 Å². The number of hydrogen-bond acceptors (Lipinski definition) is 2. The van der Waals surface area contributed by atoms with Crippen LogP contribution in [0.1, 0.15) is 22.3 Å². The van der Waals surface area contributed by atoms with Crippen LogP contribution in [0, 0.1) is 0 Å². The van der Waals surface area contributed by atoms with Crippen LogP contribution < -0.4 is 18.6 Å². The molecule has 0 fully saturated rings. The van der Waals surface area contributed by atoms with Gasteiger partial charge >= 0.3 is 0 Å². The van der Waals surface area contributed by atoms with E-state index in [0.717, 1.165) is 37.7 Å². The summed E-state index contributed by atoms with van der Waals surface area (Å²) in [6, 6.07) is 13.0. The van der Waals surface area contributed by atoms with Crippen LogP contribution in [0.15, 0.2) is 73.8 Å². The largest absolute Gasteiger partial charge is 0.497 e. The molecule has 0 amide bonds. The Hall–Kier alpha value is -3.54. The van der Waals surface area contributed by atoms with Gasteiger partial charge in [-0.25, -0.2) is 18.3 Å². The Morgan fingerprint density at radius 2 is 1.07 bits per heavy atom. The van der Waals surface area contributed by atoms with Crippen molar-refractivity contribution < 1.29 is 18.6 Å². The molecule has 6 heteroatoms. The highest BCUT2D eigenvalue weighted by Gasteiger charge is 2.13.